The van der Waals surface area contributed by atoms with E-state index in [0.29, 0.717) is 29.6 Å². The summed E-state index contributed by atoms with van der Waals surface area (Å²) < 4.78 is 16.4. The largest absolute Gasteiger partial charge is 0.493 e. The van der Waals surface area contributed by atoms with Crippen LogP contribution in [0.25, 0.3) is 10.9 Å². The summed E-state index contributed by atoms with van der Waals surface area (Å²) in [6.07, 6.45) is -5.61. The van der Waals surface area contributed by atoms with E-state index in [1.807, 2.05) is 25.1 Å². The first kappa shape index (κ1) is 22.1. The molecule has 0 unspecified atom stereocenters. The molecule has 10 nitrogen and oxygen atoms in total. The fourth-order valence-electron chi connectivity index (χ4n) is 4.45. The van der Waals surface area contributed by atoms with E-state index in [1.54, 1.807) is 6.07 Å². The van der Waals surface area contributed by atoms with Gasteiger partial charge in [0, 0.05) is 12.8 Å². The summed E-state index contributed by atoms with van der Waals surface area (Å²) in [7, 11) is 0. The van der Waals surface area contributed by atoms with Gasteiger partial charge in [-0.05, 0) is 41.8 Å². The summed E-state index contributed by atoms with van der Waals surface area (Å²) in [5.41, 5.74) is 4.20. The van der Waals surface area contributed by atoms with Crippen molar-refractivity contribution in [3.05, 3.63) is 52.7 Å². The highest BCUT2D eigenvalue weighted by atomic mass is 16.7. The Balaban J connectivity index is 1.51. The Labute approximate surface area is 189 Å². The minimum Gasteiger partial charge on any atom is -0.493 e. The molecule has 6 N–H and O–H groups in total. The van der Waals surface area contributed by atoms with Crippen molar-refractivity contribution in [3.8, 4) is 11.5 Å². The lowest BCUT2D eigenvalue weighted by molar-refractivity contribution is -0.385. The third-order valence-electron chi connectivity index (χ3n) is 6.21. The van der Waals surface area contributed by atoms with Crippen molar-refractivity contribution < 1.29 is 39.7 Å². The van der Waals surface area contributed by atoms with Crippen LogP contribution in [0, 0.1) is 6.92 Å². The van der Waals surface area contributed by atoms with Gasteiger partial charge in [-0.25, -0.2) is 0 Å². The number of benzene rings is 2. The standard InChI is InChI=1S/C23H26N2O8/c1-11-6-14-19(15(25-24-14)9-12-2-3-16-13(8-12)4-5-31-16)17(7-11)33-23(30)21(28)20(27)18(10-26)32-22(23)29/h2-3,6-8,18,20-22,26-30H,4-5,9-10H2,1H3,(H,24,25)/t18-,20-,21+,22+,23+/m1/s1. The van der Waals surface area contributed by atoms with E-state index < -0.39 is 37.0 Å². The van der Waals surface area contributed by atoms with Crippen LogP contribution < -0.4 is 9.47 Å². The van der Waals surface area contributed by atoms with E-state index in [0.717, 1.165) is 28.9 Å². The maximum absolute atomic E-state index is 11.0. The number of nitrogens with zero attached hydrogens (tertiary/aromatic N) is 1. The molecule has 3 heterocycles. The Morgan fingerprint density at radius 2 is 2.03 bits per heavy atom. The maximum atomic E-state index is 11.0. The van der Waals surface area contributed by atoms with Gasteiger partial charge in [0.05, 0.1) is 29.8 Å². The molecule has 0 bridgehead atoms. The molecule has 1 aromatic heterocycles. The number of aryl methyl sites for hydroxylation is 1. The number of rotatable bonds is 5. The van der Waals surface area contributed by atoms with Crippen molar-refractivity contribution in [3.63, 3.8) is 0 Å². The van der Waals surface area contributed by atoms with Crippen LogP contribution in [0.1, 0.15) is 22.4 Å². The van der Waals surface area contributed by atoms with Crippen LogP contribution in [-0.4, -0.2) is 79.3 Å². The number of hydrogen-bond acceptors (Lipinski definition) is 9. The zero-order valence-electron chi connectivity index (χ0n) is 17.9. The van der Waals surface area contributed by atoms with Crippen molar-refractivity contribution in [2.24, 2.45) is 0 Å². The molecule has 2 aliphatic rings. The SMILES string of the molecule is Cc1cc(O[C@]2(O)[C@@H](O)O[C@H](CO)[C@@H](O)[C@@H]2O)c2c(Cc3ccc4c(c3)CCO4)n[nH]c2c1. The zero-order valence-corrected chi connectivity index (χ0v) is 17.9. The number of nitrogens with one attached hydrogen (secondary N) is 1. The highest BCUT2D eigenvalue weighted by Gasteiger charge is 2.57. The van der Waals surface area contributed by atoms with Gasteiger partial charge < -0.3 is 39.7 Å². The maximum Gasteiger partial charge on any atom is 0.288 e. The van der Waals surface area contributed by atoms with Crippen molar-refractivity contribution in [2.75, 3.05) is 13.2 Å². The highest BCUT2D eigenvalue weighted by molar-refractivity contribution is 5.88. The van der Waals surface area contributed by atoms with Gasteiger partial charge in [-0.15, -0.1) is 0 Å². The number of aromatic nitrogens is 2. The van der Waals surface area contributed by atoms with Crippen LogP contribution in [0.2, 0.25) is 0 Å². The van der Waals surface area contributed by atoms with Gasteiger partial charge in [0.25, 0.3) is 5.79 Å². The van der Waals surface area contributed by atoms with E-state index in [9.17, 15) is 25.5 Å². The molecule has 0 saturated carbocycles. The van der Waals surface area contributed by atoms with Crippen molar-refractivity contribution in [1.29, 1.82) is 0 Å². The number of H-pyrrole nitrogens is 1. The molecule has 1 saturated heterocycles. The predicted octanol–water partition coefficient (Wildman–Crippen LogP) is -0.104. The van der Waals surface area contributed by atoms with E-state index in [1.165, 1.54) is 0 Å². The summed E-state index contributed by atoms with van der Waals surface area (Å²) in [6.45, 7) is 1.83. The molecule has 3 aromatic rings. The molecule has 33 heavy (non-hydrogen) atoms. The van der Waals surface area contributed by atoms with Crippen molar-refractivity contribution in [2.45, 2.75) is 50.2 Å². The van der Waals surface area contributed by atoms with Gasteiger partial charge in [0.1, 0.15) is 23.7 Å². The van der Waals surface area contributed by atoms with Gasteiger partial charge >= 0.3 is 0 Å². The Morgan fingerprint density at radius 1 is 1.21 bits per heavy atom. The molecular formula is C23H26N2O8. The minimum atomic E-state index is -2.68. The van der Waals surface area contributed by atoms with Gasteiger partial charge in [0.2, 0.25) is 6.29 Å². The van der Waals surface area contributed by atoms with Crippen molar-refractivity contribution >= 4 is 10.9 Å². The van der Waals surface area contributed by atoms with E-state index in [-0.39, 0.29) is 5.75 Å². The molecule has 10 heteroatoms. The molecule has 0 spiro atoms. The number of aromatic amines is 1. The third-order valence-corrected chi connectivity index (χ3v) is 6.21. The fraction of sp³-hybridized carbons (Fsp3) is 0.435. The summed E-state index contributed by atoms with van der Waals surface area (Å²) in [5.74, 6) is -1.64. The molecule has 2 aromatic carbocycles. The molecule has 1 fully saturated rings. The van der Waals surface area contributed by atoms with Gasteiger partial charge in [-0.3, -0.25) is 5.10 Å². The average Bonchev–Trinajstić information content (AvgIpc) is 3.42. The Hall–Kier alpha value is -2.73. The minimum absolute atomic E-state index is 0.150. The normalized spacial score (nSPS) is 29.2. The quantitative estimate of drug-likeness (QED) is 0.287. The molecule has 5 atom stereocenters. The van der Waals surface area contributed by atoms with Gasteiger partial charge in [0.15, 0.2) is 6.10 Å². The average molecular weight is 458 g/mol. The molecule has 0 radical (unpaired) electrons. The summed E-state index contributed by atoms with van der Waals surface area (Å²) >= 11 is 0. The van der Waals surface area contributed by atoms with Gasteiger partial charge in [-0.1, -0.05) is 12.1 Å². The molecule has 0 aliphatic carbocycles. The number of hydrogen-bond donors (Lipinski definition) is 6. The molecule has 0 amide bonds. The fourth-order valence-corrected chi connectivity index (χ4v) is 4.45. The highest BCUT2D eigenvalue weighted by Crippen LogP contribution is 2.37. The smallest absolute Gasteiger partial charge is 0.288 e. The lowest BCUT2D eigenvalue weighted by atomic mass is 9.95. The summed E-state index contributed by atoms with van der Waals surface area (Å²) in [5, 5.41) is 59.3. The molecule has 5 rings (SSSR count). The van der Waals surface area contributed by atoms with Crippen LogP contribution in [0.5, 0.6) is 11.5 Å². The molecule has 176 valence electrons. The van der Waals surface area contributed by atoms with Crippen molar-refractivity contribution in [1.82, 2.24) is 10.2 Å². The number of ether oxygens (including phenoxy) is 3. The van der Waals surface area contributed by atoms with Crippen LogP contribution >= 0.6 is 0 Å². The van der Waals surface area contributed by atoms with Crippen LogP contribution in [0.15, 0.2) is 30.3 Å². The lowest BCUT2D eigenvalue weighted by Gasteiger charge is -2.45. The first-order valence-electron chi connectivity index (χ1n) is 10.7. The molecule has 2 aliphatic heterocycles. The second-order valence-electron chi connectivity index (χ2n) is 8.57. The summed E-state index contributed by atoms with van der Waals surface area (Å²) in [4.78, 5) is 0. The van der Waals surface area contributed by atoms with E-state index >= 15 is 0 Å². The topological polar surface area (TPSA) is 158 Å². The molecular weight excluding hydrogens is 432 g/mol. The Bertz CT molecular complexity index is 1180. The first-order valence-corrected chi connectivity index (χ1v) is 10.7. The lowest BCUT2D eigenvalue weighted by Crippen LogP contribution is -2.69. The third kappa shape index (κ3) is 3.74. The second-order valence-corrected chi connectivity index (χ2v) is 8.57. The Morgan fingerprint density at radius 3 is 2.82 bits per heavy atom. The van der Waals surface area contributed by atoms with Crippen LogP contribution in [-0.2, 0) is 17.6 Å². The monoisotopic (exact) mass is 458 g/mol. The van der Waals surface area contributed by atoms with E-state index in [2.05, 4.69) is 16.3 Å². The number of aliphatic hydroxyl groups excluding tert-OH is 4. The second kappa shape index (κ2) is 8.24. The zero-order chi connectivity index (χ0) is 23.3. The predicted molar refractivity (Wildman–Crippen MR) is 115 cm³/mol. The Kier molecular flexibility index (Phi) is 5.52. The van der Waals surface area contributed by atoms with Crippen LogP contribution in [0.4, 0.5) is 0 Å². The summed E-state index contributed by atoms with van der Waals surface area (Å²) in [6, 6.07) is 9.46. The van der Waals surface area contributed by atoms with E-state index in [4.69, 9.17) is 14.2 Å². The number of fused-ring (bicyclic) bond motifs is 2. The first-order chi connectivity index (χ1) is 15.8. The number of aliphatic hydroxyl groups is 5. The van der Waals surface area contributed by atoms with Crippen LogP contribution in [0.3, 0.4) is 0 Å². The van der Waals surface area contributed by atoms with Gasteiger partial charge in [-0.2, -0.15) is 5.10 Å².